The lowest BCUT2D eigenvalue weighted by atomic mass is 10.0. The Kier molecular flexibility index (Phi) is 5.27. The number of nitrogens with two attached hydrogens (primary N) is 1. The summed E-state index contributed by atoms with van der Waals surface area (Å²) in [7, 11) is 1.62. The Morgan fingerprint density at radius 3 is 2.35 bits per heavy atom. The van der Waals surface area contributed by atoms with E-state index in [1.807, 2.05) is 48.5 Å². The molecule has 1 unspecified atom stereocenters. The number of methoxy groups -OCH3 is 1. The summed E-state index contributed by atoms with van der Waals surface area (Å²) >= 11 is 6.20. The molecule has 0 saturated heterocycles. The second-order valence-electron chi connectivity index (χ2n) is 4.42. The van der Waals surface area contributed by atoms with E-state index in [0.29, 0.717) is 29.7 Å². The van der Waals surface area contributed by atoms with Crippen molar-refractivity contribution in [3.05, 3.63) is 59.1 Å². The Balaban J connectivity index is 2.10. The summed E-state index contributed by atoms with van der Waals surface area (Å²) in [4.78, 5) is 0. The van der Waals surface area contributed by atoms with Gasteiger partial charge in [0.2, 0.25) is 0 Å². The molecule has 0 heterocycles. The van der Waals surface area contributed by atoms with Crippen molar-refractivity contribution < 1.29 is 9.47 Å². The summed E-state index contributed by atoms with van der Waals surface area (Å²) in [5, 5.41) is 0.714. The maximum absolute atomic E-state index is 6.20. The topological polar surface area (TPSA) is 44.5 Å². The average molecular weight is 292 g/mol. The lowest BCUT2D eigenvalue weighted by Gasteiger charge is -2.18. The third-order valence-corrected chi connectivity index (χ3v) is 3.48. The molecule has 3 nitrogen and oxygen atoms in total. The number of benzene rings is 2. The van der Waals surface area contributed by atoms with Gasteiger partial charge in [-0.3, -0.25) is 0 Å². The summed E-state index contributed by atoms with van der Waals surface area (Å²) in [5.41, 5.74) is 6.84. The highest BCUT2D eigenvalue weighted by Gasteiger charge is 2.14. The number of rotatable bonds is 6. The van der Waals surface area contributed by atoms with Crippen LogP contribution in [0.2, 0.25) is 5.02 Å². The second kappa shape index (κ2) is 7.17. The van der Waals surface area contributed by atoms with Gasteiger partial charge in [0.15, 0.2) is 11.5 Å². The molecule has 0 aliphatic heterocycles. The Morgan fingerprint density at radius 1 is 1.05 bits per heavy atom. The molecular weight excluding hydrogens is 274 g/mol. The molecular formula is C16H18ClNO2. The normalized spacial score (nSPS) is 11.9. The summed E-state index contributed by atoms with van der Waals surface area (Å²) in [6, 6.07) is 15.2. The summed E-state index contributed by atoms with van der Waals surface area (Å²) in [6.45, 7) is 0.930. The Labute approximate surface area is 124 Å². The molecule has 1 atom stereocenters. The number of hydrogen-bond donors (Lipinski definition) is 1. The van der Waals surface area contributed by atoms with E-state index in [-0.39, 0.29) is 5.92 Å². The minimum absolute atomic E-state index is 0.0496. The van der Waals surface area contributed by atoms with Gasteiger partial charge in [0.25, 0.3) is 0 Å². The van der Waals surface area contributed by atoms with Crippen molar-refractivity contribution >= 4 is 11.6 Å². The number of ether oxygens (including phenoxy) is 2. The molecule has 4 heteroatoms. The molecule has 2 aromatic rings. The second-order valence-corrected chi connectivity index (χ2v) is 4.82. The third kappa shape index (κ3) is 3.44. The van der Waals surface area contributed by atoms with E-state index in [9.17, 15) is 0 Å². The van der Waals surface area contributed by atoms with Gasteiger partial charge >= 0.3 is 0 Å². The Morgan fingerprint density at radius 2 is 1.70 bits per heavy atom. The molecule has 2 N–H and O–H groups in total. The minimum Gasteiger partial charge on any atom is -0.493 e. The highest BCUT2D eigenvalue weighted by molar-refractivity contribution is 6.31. The molecule has 0 aromatic heterocycles. The third-order valence-electron chi connectivity index (χ3n) is 3.14. The molecule has 0 saturated carbocycles. The molecule has 2 rings (SSSR count). The first-order chi connectivity index (χ1) is 9.76. The smallest absolute Gasteiger partial charge is 0.161 e. The molecule has 20 heavy (non-hydrogen) atoms. The quantitative estimate of drug-likeness (QED) is 0.886. The average Bonchev–Trinajstić information content (AvgIpc) is 2.50. The fourth-order valence-corrected chi connectivity index (χ4v) is 2.31. The van der Waals surface area contributed by atoms with Gasteiger partial charge in [0, 0.05) is 17.5 Å². The van der Waals surface area contributed by atoms with Crippen LogP contribution in [0.4, 0.5) is 0 Å². The Bertz CT molecular complexity index is 560. The van der Waals surface area contributed by atoms with Crippen molar-refractivity contribution in [3.63, 3.8) is 0 Å². The predicted octanol–water partition coefficient (Wildman–Crippen LogP) is 3.47. The van der Waals surface area contributed by atoms with Gasteiger partial charge in [-0.2, -0.15) is 0 Å². The zero-order valence-electron chi connectivity index (χ0n) is 11.4. The lowest BCUT2D eigenvalue weighted by Crippen LogP contribution is -2.20. The molecule has 0 radical (unpaired) electrons. The molecule has 0 bridgehead atoms. The van der Waals surface area contributed by atoms with E-state index < -0.39 is 0 Å². The van der Waals surface area contributed by atoms with Gasteiger partial charge in [0.05, 0.1) is 13.7 Å². The first-order valence-electron chi connectivity index (χ1n) is 6.46. The van der Waals surface area contributed by atoms with Crippen LogP contribution in [0.15, 0.2) is 48.5 Å². The molecule has 0 spiro atoms. The van der Waals surface area contributed by atoms with Crippen molar-refractivity contribution in [2.45, 2.75) is 5.92 Å². The Hall–Kier alpha value is -1.71. The van der Waals surface area contributed by atoms with Crippen LogP contribution in [0.1, 0.15) is 11.5 Å². The predicted molar refractivity (Wildman–Crippen MR) is 81.7 cm³/mol. The largest absolute Gasteiger partial charge is 0.493 e. The maximum atomic E-state index is 6.20. The molecule has 106 valence electrons. The highest BCUT2D eigenvalue weighted by Crippen LogP contribution is 2.29. The van der Waals surface area contributed by atoms with Crippen molar-refractivity contribution in [2.24, 2.45) is 5.73 Å². The van der Waals surface area contributed by atoms with Crippen molar-refractivity contribution in [3.8, 4) is 11.5 Å². The fraction of sp³-hybridized carbons (Fsp3) is 0.250. The van der Waals surface area contributed by atoms with Crippen LogP contribution >= 0.6 is 11.6 Å². The standard InChI is InChI=1S/C16H18ClNO2/c1-19-15-8-4-5-9-16(15)20-11-12(10-18)13-6-2-3-7-14(13)17/h2-9,12H,10-11,18H2,1H3. The first kappa shape index (κ1) is 14.7. The molecule has 0 amide bonds. The number of para-hydroxylation sites is 2. The molecule has 0 fully saturated rings. The van der Waals surface area contributed by atoms with Gasteiger partial charge in [-0.25, -0.2) is 0 Å². The van der Waals surface area contributed by atoms with E-state index >= 15 is 0 Å². The van der Waals surface area contributed by atoms with Gasteiger partial charge in [0.1, 0.15) is 0 Å². The summed E-state index contributed by atoms with van der Waals surface area (Å²) in [5.74, 6) is 1.47. The number of hydrogen-bond acceptors (Lipinski definition) is 3. The molecule has 0 aliphatic rings. The summed E-state index contributed by atoms with van der Waals surface area (Å²) < 4.78 is 11.1. The minimum atomic E-state index is 0.0496. The van der Waals surface area contributed by atoms with Gasteiger partial charge < -0.3 is 15.2 Å². The van der Waals surface area contributed by atoms with Crippen LogP contribution in [0.25, 0.3) is 0 Å². The first-order valence-corrected chi connectivity index (χ1v) is 6.84. The van der Waals surface area contributed by atoms with E-state index in [2.05, 4.69) is 0 Å². The highest BCUT2D eigenvalue weighted by atomic mass is 35.5. The van der Waals surface area contributed by atoms with Crippen molar-refractivity contribution in [1.29, 1.82) is 0 Å². The van der Waals surface area contributed by atoms with E-state index in [1.165, 1.54) is 0 Å². The molecule has 0 aliphatic carbocycles. The monoisotopic (exact) mass is 291 g/mol. The van der Waals surface area contributed by atoms with Gasteiger partial charge in [-0.1, -0.05) is 41.9 Å². The molecule has 2 aromatic carbocycles. The van der Waals surface area contributed by atoms with E-state index in [4.69, 9.17) is 26.8 Å². The van der Waals surface area contributed by atoms with Gasteiger partial charge in [-0.15, -0.1) is 0 Å². The van der Waals surface area contributed by atoms with Crippen LogP contribution in [0, 0.1) is 0 Å². The van der Waals surface area contributed by atoms with Crippen LogP contribution in [0.3, 0.4) is 0 Å². The number of halogens is 1. The van der Waals surface area contributed by atoms with Crippen molar-refractivity contribution in [1.82, 2.24) is 0 Å². The lowest BCUT2D eigenvalue weighted by molar-refractivity contribution is 0.273. The summed E-state index contributed by atoms with van der Waals surface area (Å²) in [6.07, 6.45) is 0. The van der Waals surface area contributed by atoms with Crippen LogP contribution < -0.4 is 15.2 Å². The van der Waals surface area contributed by atoms with Crippen LogP contribution in [-0.4, -0.2) is 20.3 Å². The van der Waals surface area contributed by atoms with Gasteiger partial charge in [-0.05, 0) is 23.8 Å². The zero-order chi connectivity index (χ0) is 14.4. The van der Waals surface area contributed by atoms with Crippen LogP contribution in [-0.2, 0) is 0 Å². The maximum Gasteiger partial charge on any atom is 0.161 e. The van der Waals surface area contributed by atoms with E-state index in [0.717, 1.165) is 5.56 Å². The van der Waals surface area contributed by atoms with Crippen LogP contribution in [0.5, 0.6) is 11.5 Å². The van der Waals surface area contributed by atoms with Crippen molar-refractivity contribution in [2.75, 3.05) is 20.3 Å². The SMILES string of the molecule is COc1ccccc1OCC(CN)c1ccccc1Cl. The zero-order valence-corrected chi connectivity index (χ0v) is 12.1. The fourth-order valence-electron chi connectivity index (χ4n) is 2.02. The van der Waals surface area contributed by atoms with E-state index in [1.54, 1.807) is 7.11 Å².